The summed E-state index contributed by atoms with van der Waals surface area (Å²) in [5, 5.41) is 0.842. The lowest BCUT2D eigenvalue weighted by molar-refractivity contribution is 0.363. The first kappa shape index (κ1) is 26.5. The molecule has 0 aliphatic rings. The Balaban J connectivity index is 1.55. The summed E-state index contributed by atoms with van der Waals surface area (Å²) >= 11 is 1.57. The zero-order valence-corrected chi connectivity index (χ0v) is 22.4. The number of aromatic nitrogens is 1. The minimum atomic E-state index is -4.61. The number of benzene rings is 3. The van der Waals surface area contributed by atoms with E-state index in [0.717, 1.165) is 27.8 Å². The van der Waals surface area contributed by atoms with E-state index in [0.29, 0.717) is 29.9 Å². The van der Waals surface area contributed by atoms with Gasteiger partial charge in [-0.25, -0.2) is 8.90 Å². The number of aryl methyl sites for hydroxylation is 1. The van der Waals surface area contributed by atoms with E-state index >= 15 is 0 Å². The molecule has 0 radical (unpaired) electrons. The van der Waals surface area contributed by atoms with Crippen molar-refractivity contribution in [3.05, 3.63) is 83.9 Å². The standard InChI is InChI=1S/C28H33N2O4PS/c1-3-4-5-8-21-11-17-24(18-12-21)36-29-20-19-26-25-9-6-7-10-27(25)30(35(31,32)33)28(26)22-13-15-23(34-2)16-14-22/h6-7,9-18,29H,3-5,8,19-20H2,1-2H3,(H2,31,32,33). The predicted octanol–water partition coefficient (Wildman–Crippen LogP) is 6.83. The number of rotatable bonds is 12. The maximum Gasteiger partial charge on any atom is 0.434 e. The second kappa shape index (κ2) is 12.1. The van der Waals surface area contributed by atoms with E-state index in [1.165, 1.54) is 29.2 Å². The number of hydrogen-bond acceptors (Lipinski definition) is 4. The van der Waals surface area contributed by atoms with Crippen molar-refractivity contribution in [3.63, 3.8) is 0 Å². The minimum absolute atomic E-state index is 0.526. The third-order valence-corrected chi connectivity index (χ3v) is 8.03. The molecule has 0 aliphatic carbocycles. The number of nitrogens with one attached hydrogen (secondary N) is 1. The lowest BCUT2D eigenvalue weighted by atomic mass is 10.0. The van der Waals surface area contributed by atoms with Crippen LogP contribution in [-0.4, -0.2) is 27.8 Å². The molecule has 0 spiro atoms. The zero-order chi connectivity index (χ0) is 25.5. The van der Waals surface area contributed by atoms with Crippen molar-refractivity contribution >= 4 is 30.6 Å². The number of methoxy groups -OCH3 is 1. The molecule has 4 rings (SSSR count). The van der Waals surface area contributed by atoms with Gasteiger partial charge in [0.15, 0.2) is 0 Å². The molecule has 3 aromatic carbocycles. The number of para-hydroxylation sites is 1. The van der Waals surface area contributed by atoms with Gasteiger partial charge in [0, 0.05) is 16.8 Å². The molecule has 0 amide bonds. The average Bonchev–Trinajstić information content (AvgIpc) is 3.22. The van der Waals surface area contributed by atoms with E-state index in [1.54, 1.807) is 43.3 Å². The molecule has 190 valence electrons. The molecule has 0 saturated heterocycles. The molecule has 0 aliphatic heterocycles. The average molecular weight is 525 g/mol. The summed E-state index contributed by atoms with van der Waals surface area (Å²) in [7, 11) is -3.01. The Bertz CT molecular complexity index is 1330. The van der Waals surface area contributed by atoms with Crippen LogP contribution in [0.4, 0.5) is 0 Å². The number of ether oxygens (including phenoxy) is 1. The topological polar surface area (TPSA) is 83.7 Å². The smallest absolute Gasteiger partial charge is 0.434 e. The van der Waals surface area contributed by atoms with Crippen LogP contribution in [0, 0.1) is 0 Å². The lowest BCUT2D eigenvalue weighted by Crippen LogP contribution is -2.09. The van der Waals surface area contributed by atoms with Crippen molar-refractivity contribution in [2.24, 2.45) is 0 Å². The molecular weight excluding hydrogens is 491 g/mol. The van der Waals surface area contributed by atoms with Crippen molar-refractivity contribution in [1.82, 2.24) is 9.06 Å². The highest BCUT2D eigenvalue weighted by Gasteiger charge is 2.28. The summed E-state index contributed by atoms with van der Waals surface area (Å²) in [6.45, 7) is 2.86. The number of fused-ring (bicyclic) bond motifs is 1. The molecule has 1 aromatic heterocycles. The summed E-state index contributed by atoms with van der Waals surface area (Å²) in [6.07, 6.45) is 5.43. The van der Waals surface area contributed by atoms with Gasteiger partial charge in [0.05, 0.1) is 18.3 Å². The molecule has 1 heterocycles. The molecule has 0 saturated carbocycles. The van der Waals surface area contributed by atoms with Gasteiger partial charge in [-0.3, -0.25) is 4.72 Å². The van der Waals surface area contributed by atoms with E-state index in [2.05, 4.69) is 35.9 Å². The van der Waals surface area contributed by atoms with Gasteiger partial charge in [0.2, 0.25) is 0 Å². The molecule has 0 unspecified atom stereocenters. The fourth-order valence-electron chi connectivity index (χ4n) is 4.47. The van der Waals surface area contributed by atoms with E-state index < -0.39 is 7.75 Å². The van der Waals surface area contributed by atoms with E-state index in [-0.39, 0.29) is 0 Å². The van der Waals surface area contributed by atoms with Crippen LogP contribution in [0.1, 0.15) is 37.3 Å². The van der Waals surface area contributed by atoms with Crippen molar-refractivity contribution < 1.29 is 19.1 Å². The largest absolute Gasteiger partial charge is 0.497 e. The Morgan fingerprint density at radius 3 is 2.33 bits per heavy atom. The van der Waals surface area contributed by atoms with Gasteiger partial charge in [-0.2, -0.15) is 0 Å². The highest BCUT2D eigenvalue weighted by molar-refractivity contribution is 7.97. The Hall–Kier alpha value is -2.54. The quantitative estimate of drug-likeness (QED) is 0.107. The van der Waals surface area contributed by atoms with Crippen molar-refractivity contribution in [2.75, 3.05) is 13.7 Å². The van der Waals surface area contributed by atoms with Crippen LogP contribution in [0.2, 0.25) is 0 Å². The van der Waals surface area contributed by atoms with Gasteiger partial charge in [-0.05, 0) is 90.4 Å². The van der Waals surface area contributed by atoms with Crippen LogP contribution < -0.4 is 9.46 Å². The van der Waals surface area contributed by atoms with Gasteiger partial charge >= 0.3 is 7.75 Å². The number of unbranched alkanes of at least 4 members (excludes halogenated alkanes) is 2. The minimum Gasteiger partial charge on any atom is -0.497 e. The molecule has 3 N–H and O–H groups in total. The molecule has 8 heteroatoms. The van der Waals surface area contributed by atoms with Gasteiger partial charge in [-0.1, -0.05) is 50.1 Å². The second-order valence-electron chi connectivity index (χ2n) is 8.75. The third kappa shape index (κ3) is 6.23. The molecular formula is C28H33N2O4PS. The summed E-state index contributed by atoms with van der Waals surface area (Å²) in [4.78, 5) is 21.7. The second-order valence-corrected chi connectivity index (χ2v) is 11.1. The van der Waals surface area contributed by atoms with Gasteiger partial charge in [0.1, 0.15) is 5.75 Å². The van der Waals surface area contributed by atoms with E-state index in [9.17, 15) is 14.4 Å². The highest BCUT2D eigenvalue weighted by Crippen LogP contribution is 2.48. The summed E-state index contributed by atoms with van der Waals surface area (Å²) < 4.78 is 22.5. The fourth-order valence-corrected chi connectivity index (χ4v) is 6.07. The Labute approximate surface area is 217 Å². The lowest BCUT2D eigenvalue weighted by Gasteiger charge is -2.14. The van der Waals surface area contributed by atoms with Crippen LogP contribution in [0.5, 0.6) is 5.75 Å². The predicted molar refractivity (Wildman–Crippen MR) is 149 cm³/mol. The Morgan fingerprint density at radius 1 is 0.944 bits per heavy atom. The van der Waals surface area contributed by atoms with Crippen LogP contribution in [-0.2, 0) is 17.4 Å². The van der Waals surface area contributed by atoms with Crippen LogP contribution in [0.15, 0.2) is 77.7 Å². The molecule has 0 atom stereocenters. The van der Waals surface area contributed by atoms with Crippen molar-refractivity contribution in [1.29, 1.82) is 0 Å². The maximum absolute atomic E-state index is 12.6. The van der Waals surface area contributed by atoms with Crippen molar-refractivity contribution in [2.45, 2.75) is 43.9 Å². The summed E-state index contributed by atoms with van der Waals surface area (Å²) in [5.41, 5.74) is 4.06. The first-order valence-electron chi connectivity index (χ1n) is 12.2. The molecule has 6 nitrogen and oxygen atoms in total. The monoisotopic (exact) mass is 524 g/mol. The highest BCUT2D eigenvalue weighted by atomic mass is 32.2. The fraction of sp³-hybridized carbons (Fsp3) is 0.286. The summed E-state index contributed by atoms with van der Waals surface area (Å²) in [5.74, 6) is 0.689. The number of nitrogens with zero attached hydrogens (tertiary/aromatic N) is 1. The zero-order valence-electron chi connectivity index (χ0n) is 20.7. The van der Waals surface area contributed by atoms with Crippen LogP contribution in [0.25, 0.3) is 22.2 Å². The first-order valence-corrected chi connectivity index (χ1v) is 14.6. The van der Waals surface area contributed by atoms with Gasteiger partial charge in [0.25, 0.3) is 0 Å². The molecule has 36 heavy (non-hydrogen) atoms. The van der Waals surface area contributed by atoms with E-state index in [4.69, 9.17) is 4.74 Å². The number of hydrogen-bond donors (Lipinski definition) is 3. The normalized spacial score (nSPS) is 11.8. The van der Waals surface area contributed by atoms with Crippen LogP contribution in [0.3, 0.4) is 0 Å². The maximum atomic E-state index is 12.6. The Morgan fingerprint density at radius 2 is 1.67 bits per heavy atom. The van der Waals surface area contributed by atoms with Crippen molar-refractivity contribution in [3.8, 4) is 17.0 Å². The Kier molecular flexibility index (Phi) is 8.94. The first-order chi connectivity index (χ1) is 17.4. The molecule has 0 bridgehead atoms. The van der Waals surface area contributed by atoms with Crippen LogP contribution >= 0.6 is 19.7 Å². The molecule has 4 aromatic rings. The van der Waals surface area contributed by atoms with Gasteiger partial charge < -0.3 is 14.5 Å². The SMILES string of the molecule is CCCCCc1ccc(SNCCc2c(-c3ccc(OC)cc3)n(P(=O)(O)O)c3ccccc23)cc1. The molecule has 0 fully saturated rings. The van der Waals surface area contributed by atoms with E-state index in [1.807, 2.05) is 24.3 Å². The third-order valence-electron chi connectivity index (χ3n) is 6.24. The van der Waals surface area contributed by atoms with Gasteiger partial charge in [-0.15, -0.1) is 0 Å². The summed E-state index contributed by atoms with van der Waals surface area (Å²) in [6, 6.07) is 23.3.